The van der Waals surface area contributed by atoms with Crippen molar-refractivity contribution >= 4 is 0 Å². The van der Waals surface area contributed by atoms with Crippen molar-refractivity contribution in [1.29, 1.82) is 0 Å². The summed E-state index contributed by atoms with van der Waals surface area (Å²) in [5.74, 6) is 2.54. The van der Waals surface area contributed by atoms with Crippen LogP contribution in [0.2, 0.25) is 0 Å². The SMILES string of the molecule is COc1ccc(-c2noc(CC(N)CC(C)C)n2)cc1. The van der Waals surface area contributed by atoms with Crippen LogP contribution in [0.5, 0.6) is 5.75 Å². The van der Waals surface area contributed by atoms with Gasteiger partial charge < -0.3 is 15.0 Å². The zero-order valence-electron chi connectivity index (χ0n) is 12.2. The highest BCUT2D eigenvalue weighted by Crippen LogP contribution is 2.20. The number of nitrogens with zero attached hydrogens (tertiary/aromatic N) is 2. The lowest BCUT2D eigenvalue weighted by Crippen LogP contribution is -2.24. The van der Waals surface area contributed by atoms with Gasteiger partial charge >= 0.3 is 0 Å². The molecule has 2 N–H and O–H groups in total. The molecule has 5 heteroatoms. The van der Waals surface area contributed by atoms with Gasteiger partial charge in [0.2, 0.25) is 11.7 Å². The van der Waals surface area contributed by atoms with Gasteiger partial charge in [-0.3, -0.25) is 0 Å². The molecule has 1 unspecified atom stereocenters. The van der Waals surface area contributed by atoms with E-state index in [1.165, 1.54) is 0 Å². The van der Waals surface area contributed by atoms with E-state index in [9.17, 15) is 0 Å². The van der Waals surface area contributed by atoms with Crippen LogP contribution in [0.25, 0.3) is 11.4 Å². The zero-order chi connectivity index (χ0) is 14.5. The van der Waals surface area contributed by atoms with E-state index >= 15 is 0 Å². The van der Waals surface area contributed by atoms with Gasteiger partial charge in [0.25, 0.3) is 0 Å². The minimum atomic E-state index is 0.0548. The average Bonchev–Trinajstić information content (AvgIpc) is 2.86. The summed E-state index contributed by atoms with van der Waals surface area (Å²) in [6.07, 6.45) is 1.56. The van der Waals surface area contributed by atoms with Crippen molar-refractivity contribution in [1.82, 2.24) is 10.1 Å². The van der Waals surface area contributed by atoms with Crippen molar-refractivity contribution < 1.29 is 9.26 Å². The Balaban J connectivity index is 2.04. The number of hydrogen-bond donors (Lipinski definition) is 1. The van der Waals surface area contributed by atoms with Crippen molar-refractivity contribution in [2.24, 2.45) is 11.7 Å². The fourth-order valence-corrected chi connectivity index (χ4v) is 2.11. The molecule has 20 heavy (non-hydrogen) atoms. The van der Waals surface area contributed by atoms with Gasteiger partial charge in [-0.25, -0.2) is 0 Å². The molecule has 1 aromatic heterocycles. The number of rotatable bonds is 6. The predicted octanol–water partition coefficient (Wildman–Crippen LogP) is 2.66. The molecule has 1 heterocycles. The van der Waals surface area contributed by atoms with Crippen LogP contribution in [0.1, 0.15) is 26.2 Å². The summed E-state index contributed by atoms with van der Waals surface area (Å²) in [7, 11) is 1.64. The molecule has 108 valence electrons. The van der Waals surface area contributed by atoms with Gasteiger partial charge in [0.15, 0.2) is 0 Å². The van der Waals surface area contributed by atoms with E-state index in [1.807, 2.05) is 24.3 Å². The number of methoxy groups -OCH3 is 1. The monoisotopic (exact) mass is 275 g/mol. The first kappa shape index (κ1) is 14.5. The topological polar surface area (TPSA) is 74.2 Å². The molecule has 0 fully saturated rings. The lowest BCUT2D eigenvalue weighted by molar-refractivity contribution is 0.359. The Labute approximate surface area is 119 Å². The second kappa shape index (κ2) is 6.52. The third kappa shape index (κ3) is 3.81. The summed E-state index contributed by atoms with van der Waals surface area (Å²) in [6, 6.07) is 7.61. The molecule has 0 bridgehead atoms. The molecule has 0 saturated carbocycles. The molecular weight excluding hydrogens is 254 g/mol. The van der Waals surface area contributed by atoms with Crippen molar-refractivity contribution in [2.45, 2.75) is 32.7 Å². The molecule has 0 aliphatic heterocycles. The highest BCUT2D eigenvalue weighted by Gasteiger charge is 2.13. The maximum Gasteiger partial charge on any atom is 0.228 e. The summed E-state index contributed by atoms with van der Waals surface area (Å²) < 4.78 is 10.4. The standard InChI is InChI=1S/C15H21N3O2/c1-10(2)8-12(16)9-14-17-15(18-20-14)11-4-6-13(19-3)7-5-11/h4-7,10,12H,8-9,16H2,1-3H3. The molecule has 5 nitrogen and oxygen atoms in total. The second-order valence-electron chi connectivity index (χ2n) is 5.33. The summed E-state index contributed by atoms with van der Waals surface area (Å²) >= 11 is 0. The molecule has 0 saturated heterocycles. The maximum absolute atomic E-state index is 6.05. The molecule has 0 amide bonds. The molecule has 0 spiro atoms. The van der Waals surface area contributed by atoms with E-state index in [0.29, 0.717) is 24.1 Å². The van der Waals surface area contributed by atoms with Crippen LogP contribution in [-0.2, 0) is 6.42 Å². The van der Waals surface area contributed by atoms with Crippen LogP contribution in [0, 0.1) is 5.92 Å². The number of benzene rings is 1. The summed E-state index contributed by atoms with van der Waals surface area (Å²) in [5.41, 5.74) is 6.95. The average molecular weight is 275 g/mol. The maximum atomic E-state index is 6.05. The van der Waals surface area contributed by atoms with Gasteiger partial charge in [-0.1, -0.05) is 19.0 Å². The lowest BCUT2D eigenvalue weighted by Gasteiger charge is -2.10. The smallest absolute Gasteiger partial charge is 0.228 e. The van der Waals surface area contributed by atoms with Crippen LogP contribution in [0.15, 0.2) is 28.8 Å². The second-order valence-corrected chi connectivity index (χ2v) is 5.33. The van der Waals surface area contributed by atoms with Crippen molar-refractivity contribution in [3.05, 3.63) is 30.2 Å². The molecule has 2 aromatic rings. The van der Waals surface area contributed by atoms with E-state index in [0.717, 1.165) is 17.7 Å². The number of ether oxygens (including phenoxy) is 1. The number of aromatic nitrogens is 2. The van der Waals surface area contributed by atoms with Gasteiger partial charge in [0.05, 0.1) is 7.11 Å². The summed E-state index contributed by atoms with van der Waals surface area (Å²) in [6.45, 7) is 4.30. The minimum Gasteiger partial charge on any atom is -0.497 e. The Morgan fingerprint density at radius 2 is 1.95 bits per heavy atom. The van der Waals surface area contributed by atoms with Gasteiger partial charge in [0, 0.05) is 18.0 Å². The molecular formula is C15H21N3O2. The normalized spacial score (nSPS) is 12.7. The van der Waals surface area contributed by atoms with Crippen LogP contribution in [0.3, 0.4) is 0 Å². The summed E-state index contributed by atoms with van der Waals surface area (Å²) in [5, 5.41) is 3.99. The highest BCUT2D eigenvalue weighted by molar-refractivity contribution is 5.55. The third-order valence-corrected chi connectivity index (χ3v) is 3.03. The van der Waals surface area contributed by atoms with Crippen LogP contribution >= 0.6 is 0 Å². The van der Waals surface area contributed by atoms with Gasteiger partial charge in [0.1, 0.15) is 5.75 Å². The number of hydrogen-bond acceptors (Lipinski definition) is 5. The fourth-order valence-electron chi connectivity index (χ4n) is 2.11. The van der Waals surface area contributed by atoms with Crippen molar-refractivity contribution in [3.63, 3.8) is 0 Å². The largest absolute Gasteiger partial charge is 0.497 e. The van der Waals surface area contributed by atoms with Crippen molar-refractivity contribution in [3.8, 4) is 17.1 Å². The molecule has 2 rings (SSSR count). The van der Waals surface area contributed by atoms with Crippen LogP contribution in [0.4, 0.5) is 0 Å². The molecule has 0 radical (unpaired) electrons. The van der Waals surface area contributed by atoms with Gasteiger partial charge in [-0.05, 0) is 36.6 Å². The van der Waals surface area contributed by atoms with Gasteiger partial charge in [-0.15, -0.1) is 0 Å². The van der Waals surface area contributed by atoms with Crippen LogP contribution in [-0.4, -0.2) is 23.3 Å². The Morgan fingerprint density at radius 3 is 2.55 bits per heavy atom. The Hall–Kier alpha value is -1.88. The first-order chi connectivity index (χ1) is 9.58. The predicted molar refractivity (Wildman–Crippen MR) is 77.4 cm³/mol. The minimum absolute atomic E-state index is 0.0548. The number of nitrogens with two attached hydrogens (primary N) is 1. The summed E-state index contributed by atoms with van der Waals surface area (Å²) in [4.78, 5) is 4.38. The van der Waals surface area contributed by atoms with E-state index in [-0.39, 0.29) is 6.04 Å². The molecule has 0 aliphatic rings. The third-order valence-electron chi connectivity index (χ3n) is 3.03. The Kier molecular flexibility index (Phi) is 4.74. The first-order valence-electron chi connectivity index (χ1n) is 6.81. The van der Waals surface area contributed by atoms with Crippen molar-refractivity contribution in [2.75, 3.05) is 7.11 Å². The van der Waals surface area contributed by atoms with Crippen LogP contribution < -0.4 is 10.5 Å². The molecule has 0 aliphatic carbocycles. The molecule has 1 atom stereocenters. The first-order valence-corrected chi connectivity index (χ1v) is 6.81. The Bertz CT molecular complexity index is 534. The fraction of sp³-hybridized carbons (Fsp3) is 0.467. The zero-order valence-corrected chi connectivity index (χ0v) is 12.2. The quantitative estimate of drug-likeness (QED) is 0.877. The Morgan fingerprint density at radius 1 is 1.25 bits per heavy atom. The van der Waals surface area contributed by atoms with E-state index < -0.39 is 0 Å². The van der Waals surface area contributed by atoms with E-state index in [4.69, 9.17) is 15.0 Å². The lowest BCUT2D eigenvalue weighted by atomic mass is 10.0. The van der Waals surface area contributed by atoms with Gasteiger partial charge in [-0.2, -0.15) is 4.98 Å². The van der Waals surface area contributed by atoms with E-state index in [1.54, 1.807) is 7.11 Å². The highest BCUT2D eigenvalue weighted by atomic mass is 16.5. The van der Waals surface area contributed by atoms with E-state index in [2.05, 4.69) is 24.0 Å². The molecule has 1 aromatic carbocycles.